The number of hydrogen-bond acceptors (Lipinski definition) is 9. The summed E-state index contributed by atoms with van der Waals surface area (Å²) in [5.41, 5.74) is -3.35. The Morgan fingerprint density at radius 2 is 2.06 bits per heavy atom. The summed E-state index contributed by atoms with van der Waals surface area (Å²) in [4.78, 5) is 25.6. The van der Waals surface area contributed by atoms with Crippen molar-refractivity contribution in [2.45, 2.75) is 75.2 Å². The first-order chi connectivity index (χ1) is 14.4. The van der Waals surface area contributed by atoms with Crippen LogP contribution < -0.4 is 0 Å². The Morgan fingerprint density at radius 3 is 2.74 bits per heavy atom. The van der Waals surface area contributed by atoms with E-state index >= 15 is 0 Å². The van der Waals surface area contributed by atoms with Crippen LogP contribution in [0.4, 0.5) is 0 Å². The molecule has 3 saturated heterocycles. The fraction of sp³-hybridized carbons (Fsp3) is 0.727. The van der Waals surface area contributed by atoms with Gasteiger partial charge in [0.15, 0.2) is 6.29 Å². The van der Waals surface area contributed by atoms with E-state index in [1.54, 1.807) is 19.9 Å². The number of carbonyl (C=O) groups excluding carboxylic acids is 2. The SMILES string of the molecule is C=C1[C@@H](O)OC2[C@H]1C[C@@H](OC(C)=O)[C@]13C(=O)O[C@H]4C[C@](C)(O)C(C41)[C@@]31C=C(C)[C@]2(O)O1. The highest BCUT2D eigenvalue weighted by Gasteiger charge is 2.92. The third kappa shape index (κ3) is 1.89. The molecule has 2 aliphatic carbocycles. The molecule has 9 nitrogen and oxygen atoms in total. The maximum absolute atomic E-state index is 13.5. The molecule has 3 unspecified atom stereocenters. The van der Waals surface area contributed by atoms with Crippen molar-refractivity contribution in [2.24, 2.45) is 23.2 Å². The largest absolute Gasteiger partial charge is 0.461 e. The summed E-state index contributed by atoms with van der Waals surface area (Å²) in [5.74, 6) is -4.70. The van der Waals surface area contributed by atoms with Gasteiger partial charge in [0, 0.05) is 31.1 Å². The van der Waals surface area contributed by atoms with Crippen LogP contribution in [0.5, 0.6) is 0 Å². The topological polar surface area (TPSA) is 132 Å². The molecule has 6 aliphatic rings. The second-order valence-electron chi connectivity index (χ2n) is 10.2. The third-order valence-electron chi connectivity index (χ3n) is 8.70. The van der Waals surface area contributed by atoms with Gasteiger partial charge in [0.25, 0.3) is 0 Å². The summed E-state index contributed by atoms with van der Waals surface area (Å²) in [5, 5.41) is 33.2. The number of esters is 2. The highest BCUT2D eigenvalue weighted by molar-refractivity contribution is 5.87. The van der Waals surface area contributed by atoms with Gasteiger partial charge in [0.05, 0.1) is 5.60 Å². The quantitative estimate of drug-likeness (QED) is 0.383. The van der Waals surface area contributed by atoms with Gasteiger partial charge in [-0.3, -0.25) is 9.59 Å². The Hall–Kier alpha value is -1.78. The van der Waals surface area contributed by atoms with Crippen LogP contribution in [-0.4, -0.2) is 68.8 Å². The lowest BCUT2D eigenvalue weighted by Gasteiger charge is -2.65. The first-order valence-electron chi connectivity index (χ1n) is 10.7. The van der Waals surface area contributed by atoms with Gasteiger partial charge < -0.3 is 34.3 Å². The first kappa shape index (κ1) is 19.9. The zero-order valence-corrected chi connectivity index (χ0v) is 17.5. The number of aliphatic hydroxyl groups is 3. The fourth-order valence-corrected chi connectivity index (χ4v) is 7.74. The van der Waals surface area contributed by atoms with E-state index < -0.39 is 76.7 Å². The van der Waals surface area contributed by atoms with Crippen LogP contribution >= 0.6 is 0 Å². The smallest absolute Gasteiger partial charge is 0.319 e. The Bertz CT molecular complexity index is 970. The van der Waals surface area contributed by atoms with Gasteiger partial charge in [-0.25, -0.2) is 0 Å². The van der Waals surface area contributed by atoms with Gasteiger partial charge in [-0.05, 0) is 37.5 Å². The van der Waals surface area contributed by atoms with E-state index in [9.17, 15) is 24.9 Å². The van der Waals surface area contributed by atoms with Crippen LogP contribution in [0.25, 0.3) is 0 Å². The van der Waals surface area contributed by atoms with Crippen LogP contribution in [0.1, 0.15) is 33.6 Å². The standard InChI is InChI=1S/C22H26O9/c1-8-6-20-15-14-12(7-19(15,4)26)29-18(25)21(14,20)13(28-10(3)23)5-11-9(2)17(24)30-16(11)22(8,27)31-20/h6,11-17,24,26-27H,2,5,7H2,1,3-4H3/t11-,12-,13+,14?,15?,16?,17-,19-,20-,21+,22-/m0/s1. The lowest BCUT2D eigenvalue weighted by Crippen LogP contribution is -2.79. The number of aliphatic hydroxyl groups excluding tert-OH is 1. The van der Waals surface area contributed by atoms with Crippen molar-refractivity contribution >= 4 is 11.9 Å². The minimum absolute atomic E-state index is 0.0991. The average molecular weight is 434 g/mol. The average Bonchev–Trinajstić information content (AvgIpc) is 3.24. The molecule has 0 radical (unpaired) electrons. The minimum atomic E-state index is -1.94. The molecule has 2 spiro atoms. The predicted octanol–water partition coefficient (Wildman–Crippen LogP) is -0.0722. The van der Waals surface area contributed by atoms with E-state index in [2.05, 4.69) is 6.58 Å². The van der Waals surface area contributed by atoms with Gasteiger partial charge in [-0.1, -0.05) is 6.58 Å². The second kappa shape index (κ2) is 5.40. The van der Waals surface area contributed by atoms with E-state index in [1.165, 1.54) is 6.92 Å². The van der Waals surface area contributed by atoms with Crippen molar-refractivity contribution in [1.29, 1.82) is 0 Å². The zero-order valence-electron chi connectivity index (χ0n) is 17.5. The summed E-state index contributed by atoms with van der Waals surface area (Å²) in [7, 11) is 0. The van der Waals surface area contributed by atoms with Crippen LogP contribution in [-0.2, 0) is 28.5 Å². The fourth-order valence-electron chi connectivity index (χ4n) is 7.74. The van der Waals surface area contributed by atoms with Gasteiger partial charge in [-0.2, -0.15) is 0 Å². The molecule has 0 aromatic heterocycles. The molecule has 6 rings (SSSR count). The minimum Gasteiger partial charge on any atom is -0.461 e. The Labute approximate surface area is 178 Å². The van der Waals surface area contributed by atoms with Gasteiger partial charge >= 0.3 is 11.9 Å². The van der Waals surface area contributed by atoms with E-state index in [-0.39, 0.29) is 12.8 Å². The van der Waals surface area contributed by atoms with Crippen LogP contribution in [0.3, 0.4) is 0 Å². The molecular weight excluding hydrogens is 408 g/mol. The molecule has 0 aromatic rings. The molecule has 2 bridgehead atoms. The van der Waals surface area contributed by atoms with Crippen LogP contribution in [0, 0.1) is 23.2 Å². The van der Waals surface area contributed by atoms with Crippen molar-refractivity contribution in [2.75, 3.05) is 0 Å². The van der Waals surface area contributed by atoms with Crippen molar-refractivity contribution in [3.8, 4) is 0 Å². The van der Waals surface area contributed by atoms with Gasteiger partial charge in [0.2, 0.25) is 5.79 Å². The second-order valence-corrected chi connectivity index (χ2v) is 10.2. The molecule has 9 heteroatoms. The van der Waals surface area contributed by atoms with Crippen LogP contribution in [0.15, 0.2) is 23.8 Å². The lowest BCUT2D eigenvalue weighted by molar-refractivity contribution is -0.371. The monoisotopic (exact) mass is 434 g/mol. The highest BCUT2D eigenvalue weighted by atomic mass is 16.7. The molecule has 0 aromatic carbocycles. The van der Waals surface area contributed by atoms with E-state index in [1.807, 2.05) is 0 Å². The van der Waals surface area contributed by atoms with Gasteiger partial charge in [-0.15, -0.1) is 0 Å². The number of carbonyl (C=O) groups is 2. The third-order valence-corrected chi connectivity index (χ3v) is 8.70. The van der Waals surface area contributed by atoms with Gasteiger partial charge in [0.1, 0.15) is 29.3 Å². The summed E-state index contributed by atoms with van der Waals surface area (Å²) < 4.78 is 23.5. The molecule has 4 aliphatic heterocycles. The summed E-state index contributed by atoms with van der Waals surface area (Å²) >= 11 is 0. The summed E-state index contributed by atoms with van der Waals surface area (Å²) in [6, 6.07) is 0. The highest BCUT2D eigenvalue weighted by Crippen LogP contribution is 2.79. The molecular formula is C22H26O9. The van der Waals surface area contributed by atoms with Crippen LogP contribution in [0.2, 0.25) is 0 Å². The first-order valence-corrected chi connectivity index (χ1v) is 10.7. The Kier molecular flexibility index (Phi) is 3.46. The maximum atomic E-state index is 13.5. The zero-order chi connectivity index (χ0) is 22.3. The summed E-state index contributed by atoms with van der Waals surface area (Å²) in [6.07, 6.45) is -1.85. The van der Waals surface area contributed by atoms with Crippen molar-refractivity contribution in [3.05, 3.63) is 23.8 Å². The number of hydrogen-bond donors (Lipinski definition) is 3. The van der Waals surface area contributed by atoms with Crippen molar-refractivity contribution in [3.63, 3.8) is 0 Å². The van der Waals surface area contributed by atoms with E-state index in [0.29, 0.717) is 11.1 Å². The van der Waals surface area contributed by atoms with Crippen molar-refractivity contribution < 1.29 is 43.9 Å². The molecule has 31 heavy (non-hydrogen) atoms. The predicted molar refractivity (Wildman–Crippen MR) is 101 cm³/mol. The Balaban J connectivity index is 1.61. The maximum Gasteiger partial charge on any atom is 0.319 e. The molecule has 11 atom stereocenters. The molecule has 5 fully saturated rings. The normalized spacial score (nSPS) is 58.4. The Morgan fingerprint density at radius 1 is 1.35 bits per heavy atom. The molecule has 168 valence electrons. The number of ether oxygens (including phenoxy) is 4. The molecule has 4 heterocycles. The van der Waals surface area contributed by atoms with E-state index in [0.717, 1.165) is 0 Å². The van der Waals surface area contributed by atoms with Crippen molar-refractivity contribution in [1.82, 2.24) is 0 Å². The molecule has 3 N–H and O–H groups in total. The molecule has 0 amide bonds. The lowest BCUT2D eigenvalue weighted by atomic mass is 9.41. The molecule has 2 saturated carbocycles. The van der Waals surface area contributed by atoms with E-state index in [4.69, 9.17) is 18.9 Å². The number of fused-ring (bicyclic) bond motifs is 3. The number of rotatable bonds is 1. The summed E-state index contributed by atoms with van der Waals surface area (Å²) in [6.45, 7) is 8.52.